The lowest BCUT2D eigenvalue weighted by Crippen LogP contribution is -2.43. The van der Waals surface area contributed by atoms with Gasteiger partial charge in [-0.05, 0) is 37.0 Å². The third kappa shape index (κ3) is 4.51. The zero-order chi connectivity index (χ0) is 18.4. The standard InChI is InChI=1S/C20H24N2O3S/c23-20(21-14-11-17-7-3-1-4-8-17)18-12-15-22(16-13-18)26(24,25)19-9-5-2-6-10-19/h1-10,18H,11-16H2,(H,21,23). The average molecular weight is 372 g/mol. The minimum absolute atomic E-state index is 0.0256. The molecule has 3 rings (SSSR count). The summed E-state index contributed by atoms with van der Waals surface area (Å²) in [6.45, 7) is 1.37. The van der Waals surface area contributed by atoms with Gasteiger partial charge in [0.05, 0.1) is 4.90 Å². The van der Waals surface area contributed by atoms with Gasteiger partial charge in [-0.25, -0.2) is 8.42 Å². The number of nitrogens with zero attached hydrogens (tertiary/aromatic N) is 1. The Morgan fingerprint density at radius 1 is 0.962 bits per heavy atom. The molecule has 1 aliphatic rings. The van der Waals surface area contributed by atoms with Crippen molar-refractivity contribution in [2.45, 2.75) is 24.2 Å². The van der Waals surface area contributed by atoms with Gasteiger partial charge in [-0.2, -0.15) is 4.31 Å². The van der Waals surface area contributed by atoms with Crippen LogP contribution in [-0.2, 0) is 21.2 Å². The first-order chi connectivity index (χ1) is 12.6. The largest absolute Gasteiger partial charge is 0.356 e. The van der Waals surface area contributed by atoms with Gasteiger partial charge >= 0.3 is 0 Å². The lowest BCUT2D eigenvalue weighted by molar-refractivity contribution is -0.126. The molecule has 0 radical (unpaired) electrons. The number of amides is 1. The van der Waals surface area contributed by atoms with Crippen LogP contribution in [0.2, 0.25) is 0 Å². The molecule has 1 heterocycles. The van der Waals surface area contributed by atoms with Crippen LogP contribution in [0.5, 0.6) is 0 Å². The van der Waals surface area contributed by atoms with Gasteiger partial charge in [0.25, 0.3) is 0 Å². The van der Waals surface area contributed by atoms with Gasteiger partial charge in [-0.1, -0.05) is 48.5 Å². The number of carbonyl (C=O) groups is 1. The third-order valence-corrected chi connectivity index (χ3v) is 6.67. The number of carbonyl (C=O) groups excluding carboxylic acids is 1. The van der Waals surface area contributed by atoms with Crippen LogP contribution in [0.4, 0.5) is 0 Å². The van der Waals surface area contributed by atoms with E-state index in [1.165, 1.54) is 9.87 Å². The van der Waals surface area contributed by atoms with Crippen LogP contribution in [0, 0.1) is 5.92 Å². The fraction of sp³-hybridized carbons (Fsp3) is 0.350. The molecular weight excluding hydrogens is 348 g/mol. The van der Waals surface area contributed by atoms with Gasteiger partial charge in [-0.15, -0.1) is 0 Å². The SMILES string of the molecule is O=C(NCCc1ccccc1)C1CCN(S(=O)(=O)c2ccccc2)CC1. The van der Waals surface area contributed by atoms with E-state index < -0.39 is 10.0 Å². The molecule has 0 bridgehead atoms. The lowest BCUT2D eigenvalue weighted by Gasteiger charge is -2.30. The van der Waals surface area contributed by atoms with Gasteiger partial charge in [0, 0.05) is 25.6 Å². The Morgan fingerprint density at radius 3 is 2.15 bits per heavy atom. The number of rotatable bonds is 6. The quantitative estimate of drug-likeness (QED) is 0.847. The topological polar surface area (TPSA) is 66.5 Å². The number of hydrogen-bond donors (Lipinski definition) is 1. The molecule has 5 nitrogen and oxygen atoms in total. The molecule has 0 aromatic heterocycles. The first-order valence-corrected chi connectivity index (χ1v) is 10.4. The minimum atomic E-state index is -3.46. The molecule has 1 saturated heterocycles. The lowest BCUT2D eigenvalue weighted by atomic mass is 9.97. The molecule has 2 aromatic rings. The Kier molecular flexibility index (Phi) is 6.06. The van der Waals surface area contributed by atoms with Crippen molar-refractivity contribution in [3.63, 3.8) is 0 Å². The number of sulfonamides is 1. The average Bonchev–Trinajstić information content (AvgIpc) is 2.69. The van der Waals surface area contributed by atoms with Crippen LogP contribution in [0.1, 0.15) is 18.4 Å². The maximum absolute atomic E-state index is 12.6. The van der Waals surface area contributed by atoms with Gasteiger partial charge in [-0.3, -0.25) is 4.79 Å². The summed E-state index contributed by atoms with van der Waals surface area (Å²) in [6.07, 6.45) is 1.92. The Labute approximate surface area is 155 Å². The molecule has 138 valence electrons. The highest BCUT2D eigenvalue weighted by molar-refractivity contribution is 7.89. The Hall–Kier alpha value is -2.18. The zero-order valence-electron chi connectivity index (χ0n) is 14.7. The van der Waals surface area contributed by atoms with Gasteiger partial charge in [0.15, 0.2) is 0 Å². The number of nitrogens with one attached hydrogen (secondary N) is 1. The molecule has 0 spiro atoms. The molecule has 26 heavy (non-hydrogen) atoms. The summed E-state index contributed by atoms with van der Waals surface area (Å²) in [5.41, 5.74) is 1.19. The van der Waals surface area contributed by atoms with Crippen molar-refractivity contribution in [1.29, 1.82) is 0 Å². The second-order valence-corrected chi connectivity index (χ2v) is 8.46. The molecule has 0 saturated carbocycles. The van der Waals surface area contributed by atoms with E-state index >= 15 is 0 Å². The van der Waals surface area contributed by atoms with Crippen LogP contribution < -0.4 is 5.32 Å². The number of piperidine rings is 1. The first-order valence-electron chi connectivity index (χ1n) is 8.94. The van der Waals surface area contributed by atoms with Crippen molar-refractivity contribution in [3.8, 4) is 0 Å². The number of hydrogen-bond acceptors (Lipinski definition) is 3. The molecule has 1 amide bonds. The second kappa shape index (κ2) is 8.47. The van der Waals surface area contributed by atoms with Gasteiger partial charge in [0.2, 0.25) is 15.9 Å². The third-order valence-electron chi connectivity index (χ3n) is 4.76. The minimum Gasteiger partial charge on any atom is -0.356 e. The summed E-state index contributed by atoms with van der Waals surface area (Å²) in [7, 11) is -3.46. The summed E-state index contributed by atoms with van der Waals surface area (Å²) in [4.78, 5) is 12.6. The van der Waals surface area contributed by atoms with Gasteiger partial charge in [0.1, 0.15) is 0 Å². The maximum atomic E-state index is 12.6. The van der Waals surface area contributed by atoms with E-state index in [1.807, 2.05) is 30.3 Å². The van der Waals surface area contributed by atoms with Crippen LogP contribution in [-0.4, -0.2) is 38.3 Å². The van der Waals surface area contributed by atoms with E-state index in [4.69, 9.17) is 0 Å². The highest BCUT2D eigenvalue weighted by Crippen LogP contribution is 2.23. The van der Waals surface area contributed by atoms with E-state index in [1.54, 1.807) is 30.3 Å². The van der Waals surface area contributed by atoms with E-state index in [0.29, 0.717) is 37.4 Å². The van der Waals surface area contributed by atoms with Crippen molar-refractivity contribution in [1.82, 2.24) is 9.62 Å². The molecule has 1 fully saturated rings. The summed E-state index contributed by atoms with van der Waals surface area (Å²) < 4.78 is 26.7. The van der Waals surface area contributed by atoms with Crippen LogP contribution >= 0.6 is 0 Å². The highest BCUT2D eigenvalue weighted by Gasteiger charge is 2.31. The predicted octanol–water partition coefficient (Wildman–Crippen LogP) is 2.45. The maximum Gasteiger partial charge on any atom is 0.243 e. The predicted molar refractivity (Wildman–Crippen MR) is 101 cm³/mol. The molecular formula is C20H24N2O3S. The van der Waals surface area contributed by atoms with E-state index in [2.05, 4.69) is 5.32 Å². The second-order valence-electron chi connectivity index (χ2n) is 6.52. The molecule has 2 aromatic carbocycles. The van der Waals surface area contributed by atoms with Crippen molar-refractivity contribution in [2.75, 3.05) is 19.6 Å². The highest BCUT2D eigenvalue weighted by atomic mass is 32.2. The molecule has 1 N–H and O–H groups in total. The summed E-state index contributed by atoms with van der Waals surface area (Å²) in [5, 5.41) is 2.98. The van der Waals surface area contributed by atoms with Crippen LogP contribution in [0.15, 0.2) is 65.6 Å². The molecule has 6 heteroatoms. The Bertz CT molecular complexity index is 815. The van der Waals surface area contributed by atoms with Crippen molar-refractivity contribution < 1.29 is 13.2 Å². The summed E-state index contributed by atoms with van der Waals surface area (Å²) >= 11 is 0. The molecule has 0 atom stereocenters. The van der Waals surface area contributed by atoms with E-state index in [9.17, 15) is 13.2 Å². The number of benzene rings is 2. The zero-order valence-corrected chi connectivity index (χ0v) is 15.5. The fourth-order valence-electron chi connectivity index (χ4n) is 3.22. The first kappa shape index (κ1) is 18.6. The summed E-state index contributed by atoms with van der Waals surface area (Å²) in [5.74, 6) is -0.0920. The monoisotopic (exact) mass is 372 g/mol. The van der Waals surface area contributed by atoms with Crippen molar-refractivity contribution >= 4 is 15.9 Å². The molecule has 1 aliphatic heterocycles. The Morgan fingerprint density at radius 2 is 1.54 bits per heavy atom. The van der Waals surface area contributed by atoms with Crippen LogP contribution in [0.3, 0.4) is 0 Å². The fourth-order valence-corrected chi connectivity index (χ4v) is 4.71. The van der Waals surface area contributed by atoms with Gasteiger partial charge < -0.3 is 5.32 Å². The normalized spacial score (nSPS) is 16.3. The Balaban J connectivity index is 1.48. The van der Waals surface area contributed by atoms with Crippen molar-refractivity contribution in [2.24, 2.45) is 5.92 Å². The van der Waals surface area contributed by atoms with Crippen molar-refractivity contribution in [3.05, 3.63) is 66.2 Å². The smallest absolute Gasteiger partial charge is 0.243 e. The van der Waals surface area contributed by atoms with E-state index in [-0.39, 0.29) is 11.8 Å². The molecule has 0 aliphatic carbocycles. The van der Waals surface area contributed by atoms with Crippen LogP contribution in [0.25, 0.3) is 0 Å². The van der Waals surface area contributed by atoms with E-state index in [0.717, 1.165) is 6.42 Å². The molecule has 0 unspecified atom stereocenters. The summed E-state index contributed by atoms with van der Waals surface area (Å²) in [6, 6.07) is 18.5.